The quantitative estimate of drug-likeness (QED) is 0.406. The molecule has 1 heterocycles. The fourth-order valence-corrected chi connectivity index (χ4v) is 0.655. The zero-order valence-electron chi connectivity index (χ0n) is 5.68. The second-order valence-corrected chi connectivity index (χ2v) is 1.92. The van der Waals surface area contributed by atoms with Crippen molar-refractivity contribution in [3.8, 4) is 0 Å². The summed E-state index contributed by atoms with van der Waals surface area (Å²) < 4.78 is 5.10. The minimum absolute atomic E-state index is 0. The molecule has 0 bridgehead atoms. The van der Waals surface area contributed by atoms with E-state index in [0.717, 1.165) is 26.3 Å². The average Bonchev–Trinajstić information content (AvgIpc) is 1.69. The van der Waals surface area contributed by atoms with Crippen molar-refractivity contribution in [2.45, 2.75) is 0 Å². The summed E-state index contributed by atoms with van der Waals surface area (Å²) >= 11 is 0. The van der Waals surface area contributed by atoms with Gasteiger partial charge in [0.1, 0.15) is 0 Å². The molecule has 1 aliphatic rings. The van der Waals surface area contributed by atoms with Crippen molar-refractivity contribution in [3.63, 3.8) is 0 Å². The van der Waals surface area contributed by atoms with Crippen molar-refractivity contribution in [1.29, 1.82) is 0 Å². The van der Waals surface area contributed by atoms with Gasteiger partial charge in [-0.3, -0.25) is 0 Å². The van der Waals surface area contributed by atoms with E-state index < -0.39 is 0 Å². The zero-order chi connectivity index (χ0) is 5.11. The molecule has 1 rings (SSSR count). The molecule has 1 radical (unpaired) electrons. The van der Waals surface area contributed by atoms with E-state index in [0.29, 0.717) is 0 Å². The van der Waals surface area contributed by atoms with Crippen LogP contribution in [0, 0.1) is 0 Å². The fraction of sp³-hybridized carbons (Fsp3) is 1.00. The summed E-state index contributed by atoms with van der Waals surface area (Å²) in [6.07, 6.45) is 0. The standard InChI is InChI=1S/C5H11NO.Na/c1-6-2-4-7-5-3-6;/h2-5H2,1H3;. The molecule has 0 spiro atoms. The van der Waals surface area contributed by atoms with Crippen LogP contribution in [0.1, 0.15) is 0 Å². The first kappa shape index (κ1) is 8.92. The van der Waals surface area contributed by atoms with Crippen molar-refractivity contribution in [2.24, 2.45) is 0 Å². The molecule has 0 unspecified atom stereocenters. The zero-order valence-corrected chi connectivity index (χ0v) is 7.68. The Morgan fingerprint density at radius 2 is 1.75 bits per heavy atom. The fourth-order valence-electron chi connectivity index (χ4n) is 0.655. The summed E-state index contributed by atoms with van der Waals surface area (Å²) in [5, 5.41) is 0. The van der Waals surface area contributed by atoms with Gasteiger partial charge in [0, 0.05) is 42.6 Å². The Hall–Kier alpha value is 0.920. The third-order valence-corrected chi connectivity index (χ3v) is 1.23. The summed E-state index contributed by atoms with van der Waals surface area (Å²) in [7, 11) is 2.11. The van der Waals surface area contributed by atoms with E-state index in [4.69, 9.17) is 4.74 Å². The molecule has 0 aromatic heterocycles. The van der Waals surface area contributed by atoms with Gasteiger partial charge >= 0.3 is 0 Å². The van der Waals surface area contributed by atoms with Gasteiger partial charge in [-0.15, -0.1) is 0 Å². The molecule has 1 saturated heterocycles. The van der Waals surface area contributed by atoms with Crippen molar-refractivity contribution in [3.05, 3.63) is 0 Å². The SMILES string of the molecule is CN1CCOCC1.[Na]. The Labute approximate surface area is 72.5 Å². The normalized spacial score (nSPS) is 22.1. The van der Waals surface area contributed by atoms with Gasteiger partial charge in [-0.2, -0.15) is 0 Å². The van der Waals surface area contributed by atoms with Gasteiger partial charge in [-0.25, -0.2) is 0 Å². The van der Waals surface area contributed by atoms with Crippen LogP contribution in [-0.2, 0) is 4.74 Å². The molecule has 1 fully saturated rings. The van der Waals surface area contributed by atoms with Crippen LogP contribution in [0.5, 0.6) is 0 Å². The molecule has 0 atom stereocenters. The predicted molar refractivity (Wildman–Crippen MR) is 34.1 cm³/mol. The maximum atomic E-state index is 5.10. The van der Waals surface area contributed by atoms with E-state index in [1.807, 2.05) is 0 Å². The molecule has 43 valence electrons. The first-order valence-corrected chi connectivity index (χ1v) is 2.66. The number of rotatable bonds is 0. The number of morpholine rings is 1. The Bertz CT molecular complexity index is 54.4. The molecule has 0 N–H and O–H groups in total. The second kappa shape index (κ2) is 4.77. The summed E-state index contributed by atoms with van der Waals surface area (Å²) in [6.45, 7) is 4.02. The van der Waals surface area contributed by atoms with Gasteiger partial charge in [0.15, 0.2) is 0 Å². The molecule has 0 aromatic rings. The van der Waals surface area contributed by atoms with Crippen molar-refractivity contribution in [2.75, 3.05) is 33.4 Å². The molecule has 3 heteroatoms. The third kappa shape index (κ3) is 3.05. The maximum absolute atomic E-state index is 5.10. The number of likely N-dealkylation sites (N-methyl/N-ethyl adjacent to an activating group) is 1. The second-order valence-electron chi connectivity index (χ2n) is 1.92. The number of hydrogen-bond donors (Lipinski definition) is 0. The Morgan fingerprint density at radius 3 is 2.00 bits per heavy atom. The minimum atomic E-state index is 0. The van der Waals surface area contributed by atoms with Crippen LogP contribution in [0.4, 0.5) is 0 Å². The van der Waals surface area contributed by atoms with Crippen molar-refractivity contribution in [1.82, 2.24) is 4.90 Å². The Kier molecular flexibility index (Phi) is 5.31. The monoisotopic (exact) mass is 124 g/mol. The van der Waals surface area contributed by atoms with Crippen LogP contribution >= 0.6 is 0 Å². The summed E-state index contributed by atoms with van der Waals surface area (Å²) in [5.74, 6) is 0. The van der Waals surface area contributed by atoms with Crippen LogP contribution in [0.25, 0.3) is 0 Å². The van der Waals surface area contributed by atoms with Gasteiger partial charge in [-0.05, 0) is 7.05 Å². The van der Waals surface area contributed by atoms with Gasteiger partial charge in [-0.1, -0.05) is 0 Å². The molecule has 2 nitrogen and oxygen atoms in total. The van der Waals surface area contributed by atoms with Gasteiger partial charge in [0.05, 0.1) is 13.2 Å². The molecule has 1 aliphatic heterocycles. The van der Waals surface area contributed by atoms with Crippen LogP contribution in [-0.4, -0.2) is 67.8 Å². The van der Waals surface area contributed by atoms with Crippen molar-refractivity contribution >= 4 is 29.6 Å². The predicted octanol–water partition coefficient (Wildman–Crippen LogP) is -0.432. The van der Waals surface area contributed by atoms with Gasteiger partial charge in [0.25, 0.3) is 0 Å². The van der Waals surface area contributed by atoms with E-state index >= 15 is 0 Å². The Morgan fingerprint density at radius 1 is 1.25 bits per heavy atom. The van der Waals surface area contributed by atoms with Crippen LogP contribution in [0.3, 0.4) is 0 Å². The molecule has 0 aromatic carbocycles. The van der Waals surface area contributed by atoms with E-state index in [2.05, 4.69) is 11.9 Å². The molecule has 0 aliphatic carbocycles. The minimum Gasteiger partial charge on any atom is -0.379 e. The first-order valence-electron chi connectivity index (χ1n) is 2.66. The molecular weight excluding hydrogens is 113 g/mol. The largest absolute Gasteiger partial charge is 0.379 e. The summed E-state index contributed by atoms with van der Waals surface area (Å²) in [5.41, 5.74) is 0. The molecule has 0 saturated carbocycles. The number of hydrogen-bond acceptors (Lipinski definition) is 2. The number of nitrogens with zero attached hydrogens (tertiary/aromatic N) is 1. The van der Waals surface area contributed by atoms with Gasteiger partial charge < -0.3 is 9.64 Å². The first-order chi connectivity index (χ1) is 3.39. The van der Waals surface area contributed by atoms with E-state index in [1.54, 1.807) is 0 Å². The molecule has 8 heavy (non-hydrogen) atoms. The smallest absolute Gasteiger partial charge is 0.0594 e. The Balaban J connectivity index is 0.000000490. The third-order valence-electron chi connectivity index (χ3n) is 1.23. The summed E-state index contributed by atoms with van der Waals surface area (Å²) in [4.78, 5) is 2.27. The topological polar surface area (TPSA) is 12.5 Å². The average molecular weight is 124 g/mol. The molecule has 0 amide bonds. The molecular formula is C5H11NNaO. The number of ether oxygens (including phenoxy) is 1. The van der Waals surface area contributed by atoms with Crippen LogP contribution < -0.4 is 0 Å². The van der Waals surface area contributed by atoms with Crippen LogP contribution in [0.2, 0.25) is 0 Å². The van der Waals surface area contributed by atoms with E-state index in [-0.39, 0.29) is 29.6 Å². The van der Waals surface area contributed by atoms with Crippen LogP contribution in [0.15, 0.2) is 0 Å². The van der Waals surface area contributed by atoms with Crippen molar-refractivity contribution < 1.29 is 4.74 Å². The van der Waals surface area contributed by atoms with E-state index in [9.17, 15) is 0 Å². The maximum Gasteiger partial charge on any atom is 0.0594 e. The summed E-state index contributed by atoms with van der Waals surface area (Å²) in [6, 6.07) is 0. The van der Waals surface area contributed by atoms with E-state index in [1.165, 1.54) is 0 Å². The van der Waals surface area contributed by atoms with Gasteiger partial charge in [0.2, 0.25) is 0 Å².